The Balaban J connectivity index is 1.44. The number of nitrogens with zero attached hydrogens (tertiary/aromatic N) is 2. The number of hydrogen-bond donors (Lipinski definition) is 1. The minimum atomic E-state index is -0.167. The quantitative estimate of drug-likeness (QED) is 0.678. The first kappa shape index (κ1) is 18.3. The lowest BCUT2D eigenvalue weighted by atomic mass is 10.2. The van der Waals surface area contributed by atoms with Gasteiger partial charge in [-0.3, -0.25) is 4.79 Å². The van der Waals surface area contributed by atoms with E-state index in [0.29, 0.717) is 5.76 Å². The highest BCUT2D eigenvalue weighted by atomic mass is 16.3. The van der Waals surface area contributed by atoms with Gasteiger partial charge in [0, 0.05) is 37.6 Å². The van der Waals surface area contributed by atoms with Crippen LogP contribution in [0.4, 0.5) is 11.4 Å². The Morgan fingerprint density at radius 1 is 1.07 bits per heavy atom. The van der Waals surface area contributed by atoms with Crippen molar-refractivity contribution < 1.29 is 9.21 Å². The summed E-state index contributed by atoms with van der Waals surface area (Å²) in [5.41, 5.74) is 2.73. The third-order valence-electron chi connectivity index (χ3n) is 5.17. The molecule has 2 heterocycles. The molecule has 1 aliphatic heterocycles. The van der Waals surface area contributed by atoms with Crippen molar-refractivity contribution >= 4 is 34.3 Å². The van der Waals surface area contributed by atoms with Crippen LogP contribution in [0, 0.1) is 0 Å². The number of piperazine rings is 1. The number of carbonyl (C=O) groups is 1. The van der Waals surface area contributed by atoms with Crippen LogP contribution in [0.25, 0.3) is 17.0 Å². The average Bonchev–Trinajstić information content (AvgIpc) is 3.16. The molecule has 1 aliphatic rings. The lowest BCUT2D eigenvalue weighted by molar-refractivity contribution is -0.111. The molecule has 0 spiro atoms. The number of furan rings is 1. The molecule has 0 unspecified atom stereocenters. The van der Waals surface area contributed by atoms with Gasteiger partial charge in [0.1, 0.15) is 11.3 Å². The molecule has 5 nitrogen and oxygen atoms in total. The average molecular weight is 375 g/mol. The van der Waals surface area contributed by atoms with Crippen LogP contribution < -0.4 is 10.2 Å². The van der Waals surface area contributed by atoms with Crippen LogP contribution in [0.1, 0.15) is 12.7 Å². The van der Waals surface area contributed by atoms with Gasteiger partial charge in [-0.15, -0.1) is 0 Å². The van der Waals surface area contributed by atoms with E-state index in [1.165, 1.54) is 6.08 Å². The van der Waals surface area contributed by atoms with E-state index in [-0.39, 0.29) is 5.91 Å². The summed E-state index contributed by atoms with van der Waals surface area (Å²) in [6.07, 6.45) is 3.22. The molecular weight excluding hydrogens is 350 g/mol. The zero-order valence-corrected chi connectivity index (χ0v) is 16.1. The van der Waals surface area contributed by atoms with Gasteiger partial charge in [0.25, 0.3) is 0 Å². The number of nitrogens with one attached hydrogen (secondary N) is 1. The molecule has 0 bridgehead atoms. The number of rotatable bonds is 5. The maximum Gasteiger partial charge on any atom is 0.248 e. The molecule has 4 rings (SSSR count). The van der Waals surface area contributed by atoms with Gasteiger partial charge in [-0.2, -0.15) is 0 Å². The van der Waals surface area contributed by atoms with Crippen molar-refractivity contribution in [1.82, 2.24) is 4.90 Å². The summed E-state index contributed by atoms with van der Waals surface area (Å²) in [6.45, 7) is 7.30. The normalized spacial score (nSPS) is 15.4. The summed E-state index contributed by atoms with van der Waals surface area (Å²) in [7, 11) is 0. The van der Waals surface area contributed by atoms with Crippen molar-refractivity contribution in [3.05, 3.63) is 66.4 Å². The number of benzene rings is 2. The van der Waals surface area contributed by atoms with E-state index in [0.717, 1.165) is 55.1 Å². The van der Waals surface area contributed by atoms with Crippen molar-refractivity contribution in [3.8, 4) is 0 Å². The lowest BCUT2D eigenvalue weighted by Gasteiger charge is -2.36. The summed E-state index contributed by atoms with van der Waals surface area (Å²) in [4.78, 5) is 17.2. The largest absolute Gasteiger partial charge is 0.457 e. The number of amides is 1. The Labute approximate surface area is 165 Å². The molecule has 0 atom stereocenters. The van der Waals surface area contributed by atoms with Crippen LogP contribution in [0.15, 0.2) is 65.1 Å². The monoisotopic (exact) mass is 375 g/mol. The Morgan fingerprint density at radius 2 is 1.82 bits per heavy atom. The van der Waals surface area contributed by atoms with Gasteiger partial charge < -0.3 is 19.5 Å². The lowest BCUT2D eigenvalue weighted by Crippen LogP contribution is -2.46. The van der Waals surface area contributed by atoms with Gasteiger partial charge in [-0.1, -0.05) is 37.3 Å². The van der Waals surface area contributed by atoms with Crippen LogP contribution >= 0.6 is 0 Å². The van der Waals surface area contributed by atoms with E-state index >= 15 is 0 Å². The molecule has 0 aliphatic carbocycles. The molecule has 5 heteroatoms. The highest BCUT2D eigenvalue weighted by Gasteiger charge is 2.18. The molecule has 1 N–H and O–H groups in total. The number of para-hydroxylation sites is 3. The summed E-state index contributed by atoms with van der Waals surface area (Å²) >= 11 is 0. The fourth-order valence-corrected chi connectivity index (χ4v) is 3.58. The first-order valence-corrected chi connectivity index (χ1v) is 9.77. The molecule has 1 saturated heterocycles. The zero-order chi connectivity index (χ0) is 19.3. The predicted octanol–water partition coefficient (Wildman–Crippen LogP) is 4.23. The molecule has 28 heavy (non-hydrogen) atoms. The van der Waals surface area contributed by atoms with Gasteiger partial charge >= 0.3 is 0 Å². The zero-order valence-electron chi connectivity index (χ0n) is 16.1. The summed E-state index contributed by atoms with van der Waals surface area (Å²) in [5, 5.41) is 4.04. The third kappa shape index (κ3) is 4.10. The molecule has 1 fully saturated rings. The predicted molar refractivity (Wildman–Crippen MR) is 115 cm³/mol. The summed E-state index contributed by atoms with van der Waals surface area (Å²) < 4.78 is 5.73. The second kappa shape index (κ2) is 8.31. The van der Waals surface area contributed by atoms with E-state index in [2.05, 4.69) is 28.1 Å². The highest BCUT2D eigenvalue weighted by Crippen LogP contribution is 2.27. The summed E-state index contributed by atoms with van der Waals surface area (Å²) in [6, 6.07) is 17.7. The van der Waals surface area contributed by atoms with Crippen LogP contribution in [0.2, 0.25) is 0 Å². The molecule has 2 aromatic carbocycles. The Bertz CT molecular complexity index is 951. The SMILES string of the molecule is CCN1CCN(c2ccccc2NC(=O)/C=C/c2cc3ccccc3o2)CC1. The number of fused-ring (bicyclic) bond motifs is 1. The van der Waals surface area contributed by atoms with Crippen molar-refractivity contribution in [3.63, 3.8) is 0 Å². The molecule has 1 aromatic heterocycles. The number of anilines is 2. The topological polar surface area (TPSA) is 48.7 Å². The van der Waals surface area contributed by atoms with E-state index in [9.17, 15) is 4.79 Å². The van der Waals surface area contributed by atoms with Gasteiger partial charge in [-0.05, 0) is 36.9 Å². The van der Waals surface area contributed by atoms with Crippen LogP contribution in [-0.4, -0.2) is 43.5 Å². The molecular formula is C23H25N3O2. The van der Waals surface area contributed by atoms with Crippen molar-refractivity contribution in [2.24, 2.45) is 0 Å². The van der Waals surface area contributed by atoms with Crippen molar-refractivity contribution in [2.45, 2.75) is 6.92 Å². The van der Waals surface area contributed by atoms with Crippen molar-refractivity contribution in [1.29, 1.82) is 0 Å². The van der Waals surface area contributed by atoms with Gasteiger partial charge in [0.15, 0.2) is 0 Å². The minimum Gasteiger partial charge on any atom is -0.457 e. The van der Waals surface area contributed by atoms with Gasteiger partial charge in [0.05, 0.1) is 11.4 Å². The first-order chi connectivity index (χ1) is 13.7. The fourth-order valence-electron chi connectivity index (χ4n) is 3.58. The Hall–Kier alpha value is -3.05. The maximum absolute atomic E-state index is 12.5. The van der Waals surface area contributed by atoms with Crippen molar-refractivity contribution in [2.75, 3.05) is 42.9 Å². The van der Waals surface area contributed by atoms with E-state index < -0.39 is 0 Å². The van der Waals surface area contributed by atoms with Crippen LogP contribution in [-0.2, 0) is 4.79 Å². The standard InChI is InChI=1S/C23H25N3O2/c1-2-25-13-15-26(16-14-25)21-9-5-4-8-20(21)24-23(27)12-11-19-17-18-7-3-6-10-22(18)28-19/h3-12,17H,2,13-16H2,1H3,(H,24,27)/b12-11+. The Morgan fingerprint density at radius 3 is 2.61 bits per heavy atom. The number of carbonyl (C=O) groups excluding carboxylic acids is 1. The van der Waals surface area contributed by atoms with Gasteiger partial charge in [-0.25, -0.2) is 0 Å². The number of hydrogen-bond acceptors (Lipinski definition) is 4. The maximum atomic E-state index is 12.5. The van der Waals surface area contributed by atoms with E-state index in [4.69, 9.17) is 4.42 Å². The third-order valence-corrected chi connectivity index (χ3v) is 5.17. The Kier molecular flexibility index (Phi) is 5.44. The second-order valence-electron chi connectivity index (χ2n) is 6.95. The fraction of sp³-hybridized carbons (Fsp3) is 0.261. The smallest absolute Gasteiger partial charge is 0.248 e. The molecule has 1 amide bonds. The first-order valence-electron chi connectivity index (χ1n) is 9.77. The molecule has 0 saturated carbocycles. The number of likely N-dealkylation sites (N-methyl/N-ethyl adjacent to an activating group) is 1. The molecule has 144 valence electrons. The van der Waals surface area contributed by atoms with Crippen LogP contribution in [0.5, 0.6) is 0 Å². The van der Waals surface area contributed by atoms with E-state index in [1.54, 1.807) is 6.08 Å². The second-order valence-corrected chi connectivity index (χ2v) is 6.95. The molecule has 0 radical (unpaired) electrons. The highest BCUT2D eigenvalue weighted by molar-refractivity contribution is 6.03. The van der Waals surface area contributed by atoms with E-state index in [1.807, 2.05) is 48.5 Å². The molecule has 3 aromatic rings. The minimum absolute atomic E-state index is 0.167. The summed E-state index contributed by atoms with van der Waals surface area (Å²) in [5.74, 6) is 0.500. The van der Waals surface area contributed by atoms with Gasteiger partial charge in [0.2, 0.25) is 5.91 Å². The van der Waals surface area contributed by atoms with Crippen LogP contribution in [0.3, 0.4) is 0 Å².